The predicted octanol–water partition coefficient (Wildman–Crippen LogP) is 15.9. The third-order valence-corrected chi connectivity index (χ3v) is 10.2. The molecule has 0 spiro atoms. The van der Waals surface area contributed by atoms with Crippen LogP contribution in [0.4, 0.5) is 0 Å². The standard InChI is InChI=1S/C53H90O6/c1-4-7-10-13-16-19-21-23-24-25-26-27-28-29-30-31-33-34-37-40-43-46-52(55)58-49-50(48-57-51(54)45-42-39-36-18-15-12-9-6-3)59-53(56)47-44-41-38-35-32-22-20-17-14-11-8-5-2/h7,10,16-17,19-20,23-24,26-27,29-30,50H,4-6,8-9,11-15,18,21-22,25,28,31-49H2,1-3H3/b10-7-,19-16-,20-17-,24-23-,27-26-,30-29-. The summed E-state index contributed by atoms with van der Waals surface area (Å²) >= 11 is 0. The Morgan fingerprint density at radius 1 is 0.356 bits per heavy atom. The molecule has 6 heteroatoms. The second-order valence-corrected chi connectivity index (χ2v) is 16.0. The van der Waals surface area contributed by atoms with E-state index in [2.05, 4.69) is 93.7 Å². The molecule has 1 atom stereocenters. The average Bonchev–Trinajstić information content (AvgIpc) is 3.23. The second-order valence-electron chi connectivity index (χ2n) is 16.0. The van der Waals surface area contributed by atoms with Crippen LogP contribution in [0.5, 0.6) is 0 Å². The zero-order chi connectivity index (χ0) is 43.0. The van der Waals surface area contributed by atoms with Gasteiger partial charge in [0.25, 0.3) is 0 Å². The summed E-state index contributed by atoms with van der Waals surface area (Å²) in [5.74, 6) is -0.920. The van der Waals surface area contributed by atoms with Gasteiger partial charge in [0.05, 0.1) is 0 Å². The Morgan fingerprint density at radius 2 is 0.661 bits per heavy atom. The minimum Gasteiger partial charge on any atom is -0.462 e. The fraction of sp³-hybridized carbons (Fsp3) is 0.717. The molecule has 0 aliphatic heterocycles. The van der Waals surface area contributed by atoms with Crippen LogP contribution < -0.4 is 0 Å². The van der Waals surface area contributed by atoms with Crippen LogP contribution in [0.15, 0.2) is 72.9 Å². The van der Waals surface area contributed by atoms with Crippen LogP contribution in [0.2, 0.25) is 0 Å². The Balaban J connectivity index is 4.32. The SMILES string of the molecule is CC/C=C\C/C=C\C/C=C\C/C=C\C/C=C\CCCCCCCC(=O)OCC(COC(=O)CCCCCCCCCC)OC(=O)CCCCCCC/C=C\CCCCC. The van der Waals surface area contributed by atoms with Crippen LogP contribution in [-0.4, -0.2) is 37.2 Å². The lowest BCUT2D eigenvalue weighted by molar-refractivity contribution is -0.167. The van der Waals surface area contributed by atoms with Gasteiger partial charge >= 0.3 is 17.9 Å². The van der Waals surface area contributed by atoms with Gasteiger partial charge in [0.1, 0.15) is 13.2 Å². The van der Waals surface area contributed by atoms with Crippen molar-refractivity contribution >= 4 is 17.9 Å². The highest BCUT2D eigenvalue weighted by Gasteiger charge is 2.19. The van der Waals surface area contributed by atoms with Crippen LogP contribution in [0.3, 0.4) is 0 Å². The molecule has 0 fully saturated rings. The fourth-order valence-electron chi connectivity index (χ4n) is 6.52. The van der Waals surface area contributed by atoms with Gasteiger partial charge in [-0.15, -0.1) is 0 Å². The van der Waals surface area contributed by atoms with E-state index in [0.717, 1.165) is 122 Å². The number of esters is 3. The molecule has 0 aromatic carbocycles. The van der Waals surface area contributed by atoms with Crippen LogP contribution in [-0.2, 0) is 28.6 Å². The maximum absolute atomic E-state index is 12.7. The van der Waals surface area contributed by atoms with Gasteiger partial charge < -0.3 is 14.2 Å². The number of unbranched alkanes of at least 4 members (excludes halogenated alkanes) is 20. The Labute approximate surface area is 363 Å². The molecule has 1 unspecified atom stereocenters. The lowest BCUT2D eigenvalue weighted by Crippen LogP contribution is -2.30. The van der Waals surface area contributed by atoms with Crippen molar-refractivity contribution < 1.29 is 28.6 Å². The molecule has 0 heterocycles. The van der Waals surface area contributed by atoms with Gasteiger partial charge in [-0.3, -0.25) is 14.4 Å². The molecule has 0 amide bonds. The number of carbonyl (C=O) groups excluding carboxylic acids is 3. The first kappa shape index (κ1) is 55.9. The molecule has 0 rings (SSSR count). The normalized spacial score (nSPS) is 12.7. The Hall–Kier alpha value is -3.15. The summed E-state index contributed by atoms with van der Waals surface area (Å²) in [4.78, 5) is 37.7. The summed E-state index contributed by atoms with van der Waals surface area (Å²) in [6, 6.07) is 0. The van der Waals surface area contributed by atoms with Gasteiger partial charge in [-0.05, 0) is 89.9 Å². The first-order chi connectivity index (χ1) is 29.0. The van der Waals surface area contributed by atoms with E-state index >= 15 is 0 Å². The molecular weight excluding hydrogens is 733 g/mol. The summed E-state index contributed by atoms with van der Waals surface area (Å²) in [5, 5.41) is 0. The fourth-order valence-corrected chi connectivity index (χ4v) is 6.52. The third-order valence-electron chi connectivity index (χ3n) is 10.2. The molecule has 0 N–H and O–H groups in total. The molecular formula is C53H90O6. The number of carbonyl (C=O) groups is 3. The number of hydrogen-bond acceptors (Lipinski definition) is 6. The largest absolute Gasteiger partial charge is 0.462 e. The summed E-state index contributed by atoms with van der Waals surface area (Å²) < 4.78 is 16.7. The highest BCUT2D eigenvalue weighted by molar-refractivity contribution is 5.71. The van der Waals surface area contributed by atoms with Crippen molar-refractivity contribution in [1.82, 2.24) is 0 Å². The van der Waals surface area contributed by atoms with Crippen molar-refractivity contribution in [2.45, 2.75) is 232 Å². The number of ether oxygens (including phenoxy) is 3. The van der Waals surface area contributed by atoms with Crippen molar-refractivity contribution in [3.8, 4) is 0 Å². The lowest BCUT2D eigenvalue weighted by atomic mass is 10.1. The lowest BCUT2D eigenvalue weighted by Gasteiger charge is -2.18. The molecule has 0 bridgehead atoms. The number of rotatable bonds is 43. The monoisotopic (exact) mass is 823 g/mol. The van der Waals surface area contributed by atoms with Gasteiger partial charge in [0, 0.05) is 19.3 Å². The van der Waals surface area contributed by atoms with E-state index in [0.29, 0.717) is 19.3 Å². The van der Waals surface area contributed by atoms with Gasteiger partial charge in [-0.2, -0.15) is 0 Å². The van der Waals surface area contributed by atoms with E-state index in [1.165, 1.54) is 64.2 Å². The first-order valence-corrected chi connectivity index (χ1v) is 24.4. The van der Waals surface area contributed by atoms with Gasteiger partial charge in [-0.25, -0.2) is 0 Å². The number of hydrogen-bond donors (Lipinski definition) is 0. The van der Waals surface area contributed by atoms with Crippen molar-refractivity contribution in [2.75, 3.05) is 13.2 Å². The molecule has 0 aromatic rings. The highest BCUT2D eigenvalue weighted by atomic mass is 16.6. The van der Waals surface area contributed by atoms with Gasteiger partial charge in [-0.1, -0.05) is 190 Å². The van der Waals surface area contributed by atoms with Crippen molar-refractivity contribution in [3.05, 3.63) is 72.9 Å². The maximum atomic E-state index is 12.7. The summed E-state index contributed by atoms with van der Waals surface area (Å²) in [6.45, 7) is 6.43. The van der Waals surface area contributed by atoms with Crippen molar-refractivity contribution in [1.29, 1.82) is 0 Å². The third kappa shape index (κ3) is 45.8. The molecule has 6 nitrogen and oxygen atoms in total. The van der Waals surface area contributed by atoms with Gasteiger partial charge in [0.2, 0.25) is 0 Å². The van der Waals surface area contributed by atoms with E-state index < -0.39 is 6.10 Å². The van der Waals surface area contributed by atoms with Crippen LogP contribution in [0.1, 0.15) is 226 Å². The minimum atomic E-state index is -0.783. The molecule has 0 saturated carbocycles. The van der Waals surface area contributed by atoms with E-state index in [1.54, 1.807) is 0 Å². The van der Waals surface area contributed by atoms with Crippen molar-refractivity contribution in [2.24, 2.45) is 0 Å². The molecule has 0 aliphatic carbocycles. The Morgan fingerprint density at radius 3 is 1.08 bits per heavy atom. The van der Waals surface area contributed by atoms with E-state index in [1.807, 2.05) is 0 Å². The van der Waals surface area contributed by atoms with E-state index in [-0.39, 0.29) is 31.1 Å². The molecule has 338 valence electrons. The number of allylic oxidation sites excluding steroid dienone is 12. The van der Waals surface area contributed by atoms with Crippen LogP contribution in [0, 0.1) is 0 Å². The molecule has 0 saturated heterocycles. The molecule has 59 heavy (non-hydrogen) atoms. The zero-order valence-electron chi connectivity index (χ0n) is 38.5. The minimum absolute atomic E-state index is 0.0846. The zero-order valence-corrected chi connectivity index (χ0v) is 38.5. The Kier molecular flexibility index (Phi) is 45.0. The van der Waals surface area contributed by atoms with Crippen molar-refractivity contribution in [3.63, 3.8) is 0 Å². The quantitative estimate of drug-likeness (QED) is 0.0264. The van der Waals surface area contributed by atoms with Gasteiger partial charge in [0.15, 0.2) is 6.10 Å². The summed E-state index contributed by atoms with van der Waals surface area (Å²) in [7, 11) is 0. The summed E-state index contributed by atoms with van der Waals surface area (Å²) in [5.41, 5.74) is 0. The molecule has 0 radical (unpaired) electrons. The predicted molar refractivity (Wildman–Crippen MR) is 251 cm³/mol. The smallest absolute Gasteiger partial charge is 0.306 e. The highest BCUT2D eigenvalue weighted by Crippen LogP contribution is 2.13. The first-order valence-electron chi connectivity index (χ1n) is 24.4. The van der Waals surface area contributed by atoms with Crippen LogP contribution >= 0.6 is 0 Å². The Bertz CT molecular complexity index is 1130. The average molecular weight is 823 g/mol. The molecule has 0 aromatic heterocycles. The summed E-state index contributed by atoms with van der Waals surface area (Å²) in [6.07, 6.45) is 58.9. The van der Waals surface area contributed by atoms with Crippen LogP contribution in [0.25, 0.3) is 0 Å². The van der Waals surface area contributed by atoms with E-state index in [9.17, 15) is 14.4 Å². The van der Waals surface area contributed by atoms with E-state index in [4.69, 9.17) is 14.2 Å². The topological polar surface area (TPSA) is 78.9 Å². The second kappa shape index (κ2) is 47.5. The molecule has 0 aliphatic rings. The maximum Gasteiger partial charge on any atom is 0.306 e.